The number of fused-ring (bicyclic) bond motifs is 10. The van der Waals surface area contributed by atoms with Gasteiger partial charge in [0, 0.05) is 60.2 Å². The predicted octanol–water partition coefficient (Wildman–Crippen LogP) is -0.293. The molecule has 4 aromatic heterocycles. The van der Waals surface area contributed by atoms with Crippen molar-refractivity contribution in [3.05, 3.63) is 97.1 Å². The Labute approximate surface area is 362 Å². The fraction of sp³-hybridized carbons (Fsp3) is 0. The predicted molar refractivity (Wildman–Crippen MR) is 259 cm³/mol. The van der Waals surface area contributed by atoms with Crippen molar-refractivity contribution >= 4 is 199 Å². The summed E-state index contributed by atoms with van der Waals surface area (Å²) >= 11 is 0. The SMILES string of the molecule is [B]c1c([B])c([B])c2c(oc3c2c([B])c([B])c2c3c3c([B])c([B])c([B])c([B])c3n2-c2ccc3oc4cc(-c5nc(-c6ccccc6)nc(-c6ccccc6)n5)ccc4c3c2)c1[B]. The molecule has 0 bridgehead atoms. The second-order valence-corrected chi connectivity index (χ2v) is 15.0. The zero-order chi connectivity index (χ0) is 42.2. The van der Waals surface area contributed by atoms with Gasteiger partial charge in [0.1, 0.15) is 101 Å². The van der Waals surface area contributed by atoms with Crippen LogP contribution in [0.15, 0.2) is 106 Å². The quantitative estimate of drug-likeness (QED) is 0.232. The van der Waals surface area contributed by atoms with E-state index >= 15 is 0 Å². The van der Waals surface area contributed by atoms with Gasteiger partial charge in [-0.2, -0.15) is 0 Å². The van der Waals surface area contributed by atoms with Crippen LogP contribution < -0.4 is 54.6 Å². The van der Waals surface area contributed by atoms with Gasteiger partial charge in [0.2, 0.25) is 0 Å². The molecule has 11 rings (SSSR count). The second-order valence-electron chi connectivity index (χ2n) is 15.0. The number of hydrogen-bond donors (Lipinski definition) is 0. The summed E-state index contributed by atoms with van der Waals surface area (Å²) in [6.07, 6.45) is 0. The van der Waals surface area contributed by atoms with Crippen molar-refractivity contribution in [3.63, 3.8) is 0 Å². The second kappa shape index (κ2) is 13.6. The van der Waals surface area contributed by atoms with Crippen LogP contribution in [0.1, 0.15) is 0 Å². The molecule has 0 atom stereocenters. The van der Waals surface area contributed by atoms with Gasteiger partial charge in [-0.25, -0.2) is 15.0 Å². The Morgan fingerprint density at radius 1 is 0.361 bits per heavy atom. The van der Waals surface area contributed by atoms with Crippen molar-refractivity contribution in [1.29, 1.82) is 0 Å². The molecule has 0 aliphatic rings. The normalized spacial score (nSPS) is 11.9. The van der Waals surface area contributed by atoms with Crippen molar-refractivity contribution in [2.24, 2.45) is 0 Å². The fourth-order valence-electron chi connectivity index (χ4n) is 8.48. The van der Waals surface area contributed by atoms with Gasteiger partial charge in [-0.05, 0) is 30.3 Å². The van der Waals surface area contributed by atoms with Gasteiger partial charge < -0.3 is 13.4 Å². The van der Waals surface area contributed by atoms with E-state index in [0.29, 0.717) is 66.9 Å². The molecule has 11 aromatic rings. The lowest BCUT2D eigenvalue weighted by molar-refractivity contribution is 0.669. The Morgan fingerprint density at radius 2 is 0.869 bits per heavy atom. The molecular formula is C45H16B10N4O2. The molecular weight excluding hydrogens is 737 g/mol. The first kappa shape index (κ1) is 37.6. The summed E-state index contributed by atoms with van der Waals surface area (Å²) in [6.45, 7) is 0. The highest BCUT2D eigenvalue weighted by atomic mass is 16.3. The van der Waals surface area contributed by atoms with E-state index in [1.807, 2.05) is 102 Å². The molecule has 61 heavy (non-hydrogen) atoms. The minimum atomic E-state index is 0.0741. The van der Waals surface area contributed by atoms with Crippen LogP contribution >= 0.6 is 0 Å². The topological polar surface area (TPSA) is 69.9 Å². The summed E-state index contributed by atoms with van der Waals surface area (Å²) in [5, 5.41) is 3.22. The molecule has 0 fully saturated rings. The molecule has 6 nitrogen and oxygen atoms in total. The number of aromatic nitrogens is 4. The third kappa shape index (κ3) is 5.33. The molecule has 20 radical (unpaired) electrons. The Balaban J connectivity index is 1.16. The zero-order valence-electron chi connectivity index (χ0n) is 32.1. The van der Waals surface area contributed by atoms with Crippen LogP contribution in [-0.4, -0.2) is 98.0 Å². The van der Waals surface area contributed by atoms with Crippen molar-refractivity contribution < 1.29 is 8.83 Å². The Hall–Kier alpha value is -6.40. The zero-order valence-corrected chi connectivity index (χ0v) is 32.1. The maximum Gasteiger partial charge on any atom is 0.164 e. The summed E-state index contributed by atoms with van der Waals surface area (Å²) in [5.41, 5.74) is 6.85. The molecule has 258 valence electrons. The van der Waals surface area contributed by atoms with Crippen LogP contribution in [0.3, 0.4) is 0 Å². The summed E-state index contributed by atoms with van der Waals surface area (Å²) in [4.78, 5) is 14.6. The minimum absolute atomic E-state index is 0.0741. The molecule has 0 amide bonds. The lowest BCUT2D eigenvalue weighted by atomic mass is 9.64. The first-order valence-electron chi connectivity index (χ1n) is 19.0. The molecule has 0 N–H and O–H groups in total. The first-order chi connectivity index (χ1) is 29.4. The van der Waals surface area contributed by atoms with Crippen molar-refractivity contribution in [2.45, 2.75) is 0 Å². The lowest BCUT2D eigenvalue weighted by Crippen LogP contribution is -2.48. The van der Waals surface area contributed by atoms with E-state index in [1.165, 1.54) is 0 Å². The van der Waals surface area contributed by atoms with Gasteiger partial charge >= 0.3 is 0 Å². The minimum Gasteiger partial charge on any atom is -0.456 e. The molecule has 0 aliphatic heterocycles. The number of hydrogen-bond acceptors (Lipinski definition) is 5. The molecule has 0 unspecified atom stereocenters. The van der Waals surface area contributed by atoms with Crippen LogP contribution in [0.5, 0.6) is 0 Å². The van der Waals surface area contributed by atoms with Crippen LogP contribution in [0.25, 0.3) is 106 Å². The van der Waals surface area contributed by atoms with Crippen LogP contribution in [0.4, 0.5) is 0 Å². The standard InChI is InChI=1S/C45H16B10N4O2/c46-29-25-28-40(36(53)31(48)26-27-30(47)33(50)35(52)38(55)42(27)61-41(26)28)59(39(25)37(54)34(51)32(29)49)20-12-14-23-22(16-20)21-13-11-19(15-24(21)60-23)45-57-43(17-7-3-1-4-8-17)56-44(58-45)18-9-5-2-6-10-18/h1-16H. The van der Waals surface area contributed by atoms with Crippen molar-refractivity contribution in [2.75, 3.05) is 0 Å². The van der Waals surface area contributed by atoms with Gasteiger partial charge in [-0.1, -0.05) is 99.5 Å². The van der Waals surface area contributed by atoms with Gasteiger partial charge in [0.15, 0.2) is 17.5 Å². The summed E-state index contributed by atoms with van der Waals surface area (Å²) in [6, 6.07) is 31.1. The van der Waals surface area contributed by atoms with E-state index in [1.54, 1.807) is 0 Å². The lowest BCUT2D eigenvalue weighted by Gasteiger charge is -2.17. The highest BCUT2D eigenvalue weighted by molar-refractivity contribution is 6.71. The average molecular weight is 753 g/mol. The van der Waals surface area contributed by atoms with Gasteiger partial charge in [0.05, 0.1) is 5.52 Å². The van der Waals surface area contributed by atoms with E-state index in [9.17, 15) is 0 Å². The monoisotopic (exact) mass is 754 g/mol. The van der Waals surface area contributed by atoms with Crippen molar-refractivity contribution in [3.8, 4) is 39.9 Å². The maximum atomic E-state index is 7.02. The van der Waals surface area contributed by atoms with Crippen LogP contribution in [0, 0.1) is 0 Å². The summed E-state index contributed by atoms with van der Waals surface area (Å²) < 4.78 is 14.8. The molecule has 0 aliphatic carbocycles. The smallest absolute Gasteiger partial charge is 0.164 e. The highest BCUT2D eigenvalue weighted by Crippen LogP contribution is 2.39. The Kier molecular flexibility index (Phi) is 8.35. The Morgan fingerprint density at radius 3 is 1.51 bits per heavy atom. The highest BCUT2D eigenvalue weighted by Gasteiger charge is 2.27. The number of benzene rings is 7. The average Bonchev–Trinajstić information content (AvgIpc) is 3.98. The maximum absolute atomic E-state index is 7.02. The van der Waals surface area contributed by atoms with E-state index in [-0.39, 0.29) is 65.8 Å². The summed E-state index contributed by atoms with van der Waals surface area (Å²) in [5.74, 6) is 1.59. The molecule has 0 saturated heterocycles. The fourth-order valence-corrected chi connectivity index (χ4v) is 8.48. The summed E-state index contributed by atoms with van der Waals surface area (Å²) in [7, 11) is 66.1. The molecule has 16 heteroatoms. The van der Waals surface area contributed by atoms with E-state index in [0.717, 1.165) is 27.5 Å². The van der Waals surface area contributed by atoms with Crippen LogP contribution in [-0.2, 0) is 0 Å². The number of rotatable bonds is 4. The van der Waals surface area contributed by atoms with E-state index in [4.69, 9.17) is 102 Å². The molecule has 7 aromatic carbocycles. The van der Waals surface area contributed by atoms with Gasteiger partial charge in [-0.15, -0.1) is 21.9 Å². The third-order valence-corrected chi connectivity index (χ3v) is 11.6. The first-order valence-corrected chi connectivity index (χ1v) is 19.0. The number of nitrogens with zero attached hydrogens (tertiary/aromatic N) is 4. The largest absolute Gasteiger partial charge is 0.456 e. The Bertz CT molecular complexity index is 3660. The van der Waals surface area contributed by atoms with E-state index in [2.05, 4.69) is 0 Å². The number of furan rings is 2. The van der Waals surface area contributed by atoms with Gasteiger partial charge in [-0.3, -0.25) is 0 Å². The molecule has 4 heterocycles. The molecule has 0 saturated carbocycles. The van der Waals surface area contributed by atoms with E-state index < -0.39 is 0 Å². The molecule has 0 spiro atoms. The van der Waals surface area contributed by atoms with Crippen LogP contribution in [0.2, 0.25) is 0 Å². The third-order valence-electron chi connectivity index (χ3n) is 11.6. The van der Waals surface area contributed by atoms with Gasteiger partial charge in [0.25, 0.3) is 0 Å². The van der Waals surface area contributed by atoms with Crippen molar-refractivity contribution in [1.82, 2.24) is 19.5 Å².